The molecule has 1 saturated carbocycles. The van der Waals surface area contributed by atoms with Crippen LogP contribution in [0.2, 0.25) is 0 Å². The lowest BCUT2D eigenvalue weighted by molar-refractivity contribution is 0.647. The molecule has 1 aliphatic carbocycles. The Hall–Kier alpha value is -1.52. The lowest BCUT2D eigenvalue weighted by atomic mass is 10.3. The highest BCUT2D eigenvalue weighted by atomic mass is 15.1. The second kappa shape index (κ2) is 5.01. The molecule has 1 atom stereocenters. The lowest BCUT2D eigenvalue weighted by Gasteiger charge is -2.13. The molecule has 1 aromatic heterocycles. The van der Waals surface area contributed by atoms with Crippen molar-refractivity contribution in [2.45, 2.75) is 44.7 Å². The molecule has 0 spiro atoms. The first kappa shape index (κ1) is 11.0. The van der Waals surface area contributed by atoms with Crippen molar-refractivity contribution in [3.8, 4) is 0 Å². The van der Waals surface area contributed by atoms with E-state index in [1.807, 2.05) is 6.92 Å². The minimum atomic E-state index is 0.0696. The first-order valence-corrected chi connectivity index (χ1v) is 5.85. The van der Waals surface area contributed by atoms with Crippen LogP contribution in [0.1, 0.15) is 44.5 Å². The van der Waals surface area contributed by atoms with Crippen molar-refractivity contribution in [2.75, 3.05) is 0 Å². The van der Waals surface area contributed by atoms with Gasteiger partial charge in [-0.1, -0.05) is 12.8 Å². The second-order valence-electron chi connectivity index (χ2n) is 4.29. The predicted octanol–water partition coefficient (Wildman–Crippen LogP) is 1.32. The minimum Gasteiger partial charge on any atom is -0.370 e. The molecule has 0 amide bonds. The number of hydrogen-bond acceptors (Lipinski definition) is 2. The van der Waals surface area contributed by atoms with Crippen molar-refractivity contribution in [3.63, 3.8) is 0 Å². The molecule has 88 valence electrons. The first-order valence-electron chi connectivity index (χ1n) is 5.85. The normalized spacial score (nSPS) is 19.9. The van der Waals surface area contributed by atoms with E-state index < -0.39 is 0 Å². The number of aromatic amines is 1. The van der Waals surface area contributed by atoms with Crippen molar-refractivity contribution in [1.29, 1.82) is 0 Å². The molecule has 5 nitrogen and oxygen atoms in total. The van der Waals surface area contributed by atoms with Crippen LogP contribution in [0.5, 0.6) is 0 Å². The van der Waals surface area contributed by atoms with Crippen LogP contribution in [0.3, 0.4) is 0 Å². The van der Waals surface area contributed by atoms with Gasteiger partial charge in [0.2, 0.25) is 0 Å². The molecule has 1 fully saturated rings. The fraction of sp³-hybridized carbons (Fsp3) is 0.636. The van der Waals surface area contributed by atoms with E-state index >= 15 is 0 Å². The van der Waals surface area contributed by atoms with Gasteiger partial charge >= 0.3 is 0 Å². The zero-order valence-corrected chi connectivity index (χ0v) is 9.61. The lowest BCUT2D eigenvalue weighted by Crippen LogP contribution is -2.35. The summed E-state index contributed by atoms with van der Waals surface area (Å²) in [6.45, 7) is 2.01. The Labute approximate surface area is 95.6 Å². The van der Waals surface area contributed by atoms with E-state index in [0.29, 0.717) is 12.0 Å². The van der Waals surface area contributed by atoms with E-state index in [4.69, 9.17) is 5.73 Å². The Balaban J connectivity index is 1.88. The summed E-state index contributed by atoms with van der Waals surface area (Å²) in [5.41, 5.74) is 5.86. The van der Waals surface area contributed by atoms with Crippen LogP contribution in [0.4, 0.5) is 0 Å². The van der Waals surface area contributed by atoms with Crippen molar-refractivity contribution in [3.05, 3.63) is 18.2 Å². The topological polar surface area (TPSA) is 79.1 Å². The van der Waals surface area contributed by atoms with E-state index in [-0.39, 0.29) is 6.04 Å². The van der Waals surface area contributed by atoms with Gasteiger partial charge in [0.25, 0.3) is 0 Å². The Morgan fingerprint density at radius 1 is 1.62 bits per heavy atom. The predicted molar refractivity (Wildman–Crippen MR) is 64.0 cm³/mol. The monoisotopic (exact) mass is 221 g/mol. The minimum absolute atomic E-state index is 0.0696. The van der Waals surface area contributed by atoms with E-state index in [2.05, 4.69) is 20.3 Å². The second-order valence-corrected chi connectivity index (χ2v) is 4.29. The molecule has 1 heterocycles. The highest BCUT2D eigenvalue weighted by Gasteiger charge is 2.15. The van der Waals surface area contributed by atoms with Gasteiger partial charge in [-0.25, -0.2) is 4.98 Å². The van der Waals surface area contributed by atoms with Gasteiger partial charge < -0.3 is 16.0 Å². The number of aliphatic imine (C=N–C) groups is 1. The van der Waals surface area contributed by atoms with Gasteiger partial charge in [-0.05, 0) is 19.8 Å². The fourth-order valence-corrected chi connectivity index (χ4v) is 2.07. The van der Waals surface area contributed by atoms with Gasteiger partial charge in [-0.3, -0.25) is 4.99 Å². The summed E-state index contributed by atoms with van der Waals surface area (Å²) in [7, 11) is 0. The summed E-state index contributed by atoms with van der Waals surface area (Å²) in [6.07, 6.45) is 8.41. The van der Waals surface area contributed by atoms with Gasteiger partial charge in [-0.2, -0.15) is 0 Å². The number of hydrogen-bond donors (Lipinski definition) is 3. The van der Waals surface area contributed by atoms with Crippen LogP contribution in [-0.4, -0.2) is 22.0 Å². The summed E-state index contributed by atoms with van der Waals surface area (Å²) in [6, 6.07) is 0.483. The van der Waals surface area contributed by atoms with Gasteiger partial charge in [0, 0.05) is 12.4 Å². The Bertz CT molecular complexity index is 337. The molecule has 1 unspecified atom stereocenters. The van der Waals surface area contributed by atoms with E-state index in [1.165, 1.54) is 12.8 Å². The molecule has 4 N–H and O–H groups in total. The number of nitrogens with one attached hydrogen (secondary N) is 2. The first-order chi connectivity index (χ1) is 7.75. The van der Waals surface area contributed by atoms with Crippen LogP contribution in [0.25, 0.3) is 0 Å². The molecule has 0 radical (unpaired) electrons. The largest absolute Gasteiger partial charge is 0.370 e. The molecule has 1 aliphatic rings. The number of nitrogens with two attached hydrogens (primary N) is 1. The zero-order chi connectivity index (χ0) is 11.4. The van der Waals surface area contributed by atoms with Crippen molar-refractivity contribution < 1.29 is 0 Å². The Morgan fingerprint density at radius 3 is 3.00 bits per heavy atom. The zero-order valence-electron chi connectivity index (χ0n) is 9.61. The summed E-state index contributed by atoms with van der Waals surface area (Å²) >= 11 is 0. The quantitative estimate of drug-likeness (QED) is 0.532. The summed E-state index contributed by atoms with van der Waals surface area (Å²) in [5.74, 6) is 1.40. The number of imidazole rings is 1. The summed E-state index contributed by atoms with van der Waals surface area (Å²) in [5, 5.41) is 3.14. The molecule has 0 aromatic carbocycles. The van der Waals surface area contributed by atoms with Crippen LogP contribution in [0.15, 0.2) is 17.4 Å². The third-order valence-corrected chi connectivity index (χ3v) is 2.94. The third kappa shape index (κ3) is 2.74. The smallest absolute Gasteiger partial charge is 0.189 e. The van der Waals surface area contributed by atoms with Crippen LogP contribution in [-0.2, 0) is 0 Å². The van der Waals surface area contributed by atoms with Crippen molar-refractivity contribution >= 4 is 5.96 Å². The molecule has 2 rings (SSSR count). The standard InChI is InChI=1S/C11H19N5/c1-8(10-13-6-7-14-10)15-11(12)16-9-4-2-3-5-9/h6-9H,2-5H2,1H3,(H,13,14)(H3,12,15,16). The average molecular weight is 221 g/mol. The maximum absolute atomic E-state index is 5.86. The third-order valence-electron chi connectivity index (χ3n) is 2.94. The molecule has 1 aromatic rings. The average Bonchev–Trinajstić information content (AvgIpc) is 2.88. The number of rotatable bonds is 3. The SMILES string of the molecule is CC(NC(N)=NC1CCCC1)c1ncc[nH]1. The van der Waals surface area contributed by atoms with Crippen LogP contribution in [0, 0.1) is 0 Å². The molecule has 5 heteroatoms. The van der Waals surface area contributed by atoms with E-state index in [1.54, 1.807) is 12.4 Å². The highest BCUT2D eigenvalue weighted by Crippen LogP contribution is 2.20. The van der Waals surface area contributed by atoms with Crippen molar-refractivity contribution in [1.82, 2.24) is 15.3 Å². The van der Waals surface area contributed by atoms with Gasteiger partial charge in [0.05, 0.1) is 12.1 Å². The summed E-state index contributed by atoms with van der Waals surface area (Å²) < 4.78 is 0. The molecular weight excluding hydrogens is 202 g/mol. The maximum atomic E-state index is 5.86. The molecular formula is C11H19N5. The van der Waals surface area contributed by atoms with Gasteiger partial charge in [0.1, 0.15) is 5.82 Å². The molecule has 16 heavy (non-hydrogen) atoms. The van der Waals surface area contributed by atoms with Gasteiger partial charge in [0.15, 0.2) is 5.96 Å². The molecule has 0 bridgehead atoms. The maximum Gasteiger partial charge on any atom is 0.189 e. The Kier molecular flexibility index (Phi) is 3.44. The number of guanidine groups is 1. The molecule has 0 aliphatic heterocycles. The number of aromatic nitrogens is 2. The Morgan fingerprint density at radius 2 is 2.38 bits per heavy atom. The van der Waals surface area contributed by atoms with Gasteiger partial charge in [-0.15, -0.1) is 0 Å². The van der Waals surface area contributed by atoms with Crippen molar-refractivity contribution in [2.24, 2.45) is 10.7 Å². The summed E-state index contributed by atoms with van der Waals surface area (Å²) in [4.78, 5) is 11.7. The molecule has 0 saturated heterocycles. The fourth-order valence-electron chi connectivity index (χ4n) is 2.07. The highest BCUT2D eigenvalue weighted by molar-refractivity contribution is 5.78. The van der Waals surface area contributed by atoms with Crippen LogP contribution >= 0.6 is 0 Å². The van der Waals surface area contributed by atoms with Crippen LogP contribution < -0.4 is 11.1 Å². The van der Waals surface area contributed by atoms with E-state index in [0.717, 1.165) is 18.7 Å². The number of nitrogens with zero attached hydrogens (tertiary/aromatic N) is 2. The number of H-pyrrole nitrogens is 1. The van der Waals surface area contributed by atoms with E-state index in [9.17, 15) is 0 Å².